The maximum Gasteiger partial charge on any atom is 0.119 e. The van der Waals surface area contributed by atoms with Gasteiger partial charge in [0.2, 0.25) is 0 Å². The van der Waals surface area contributed by atoms with Gasteiger partial charge in [0.25, 0.3) is 0 Å². The van der Waals surface area contributed by atoms with E-state index >= 15 is 0 Å². The molecule has 34 heavy (non-hydrogen) atoms. The zero-order valence-electron chi connectivity index (χ0n) is 19.4. The van der Waals surface area contributed by atoms with Gasteiger partial charge in [-0.3, -0.25) is 0 Å². The monoisotopic (exact) mass is 454 g/mol. The van der Waals surface area contributed by atoms with Gasteiger partial charge in [-0.2, -0.15) is 0 Å². The molecule has 0 bridgehead atoms. The second-order valence-electron chi connectivity index (χ2n) is 9.23. The van der Waals surface area contributed by atoms with E-state index in [9.17, 15) is 20.4 Å². The van der Waals surface area contributed by atoms with E-state index in [1.165, 1.54) is 0 Å². The summed E-state index contributed by atoms with van der Waals surface area (Å²) in [5.41, 5.74) is 1.32. The van der Waals surface area contributed by atoms with Crippen LogP contribution in [-0.4, -0.2) is 20.4 Å². The summed E-state index contributed by atoms with van der Waals surface area (Å²) in [6.07, 6.45) is 1.03. The largest absolute Gasteiger partial charge is 0.508 e. The summed E-state index contributed by atoms with van der Waals surface area (Å²) in [6, 6.07) is 28.7. The third-order valence-corrected chi connectivity index (χ3v) is 7.12. The van der Waals surface area contributed by atoms with E-state index in [0.717, 1.165) is 0 Å². The molecule has 0 aliphatic rings. The lowest BCUT2D eigenvalue weighted by atomic mass is 9.65. The van der Waals surface area contributed by atoms with Gasteiger partial charge in [0, 0.05) is 33.1 Å². The van der Waals surface area contributed by atoms with Gasteiger partial charge in [0.15, 0.2) is 0 Å². The predicted molar refractivity (Wildman–Crippen MR) is 135 cm³/mol. The maximum absolute atomic E-state index is 10.8. The Morgan fingerprint density at radius 2 is 0.618 bits per heavy atom. The fraction of sp³-hybridized carbons (Fsp3) is 0.200. The first-order valence-electron chi connectivity index (χ1n) is 11.4. The minimum Gasteiger partial charge on any atom is -0.508 e. The number of hydrogen-bond donors (Lipinski definition) is 4. The number of phenolic OH excluding ortho intramolecular Hbond substituents is 4. The first-order valence-corrected chi connectivity index (χ1v) is 11.4. The van der Waals surface area contributed by atoms with Gasteiger partial charge in [0.05, 0.1) is 0 Å². The summed E-state index contributed by atoms with van der Waals surface area (Å²) in [5.74, 6) is 0.611. The SMILES string of the molecule is CC(CCC(C)(c1ccccc1O)c1ccccc1O)(c1ccccc1O)c1ccccc1O. The molecular formula is C30H30O4. The second kappa shape index (κ2) is 9.14. The molecule has 174 valence electrons. The molecule has 0 unspecified atom stereocenters. The molecule has 4 heteroatoms. The average molecular weight is 455 g/mol. The van der Waals surface area contributed by atoms with Crippen molar-refractivity contribution >= 4 is 0 Å². The number of hydrogen-bond acceptors (Lipinski definition) is 4. The van der Waals surface area contributed by atoms with Gasteiger partial charge >= 0.3 is 0 Å². The van der Waals surface area contributed by atoms with Crippen molar-refractivity contribution in [2.45, 2.75) is 37.5 Å². The van der Waals surface area contributed by atoms with Crippen LogP contribution < -0.4 is 0 Å². The first-order chi connectivity index (χ1) is 16.3. The highest BCUT2D eigenvalue weighted by Gasteiger charge is 2.39. The van der Waals surface area contributed by atoms with Crippen LogP contribution in [0.5, 0.6) is 23.0 Å². The van der Waals surface area contributed by atoms with Gasteiger partial charge in [-0.1, -0.05) is 86.6 Å². The average Bonchev–Trinajstić information content (AvgIpc) is 2.83. The highest BCUT2D eigenvalue weighted by molar-refractivity contribution is 5.53. The Morgan fingerprint density at radius 1 is 0.412 bits per heavy atom. The summed E-state index contributed by atoms with van der Waals surface area (Å²) < 4.78 is 0. The molecule has 0 atom stereocenters. The summed E-state index contributed by atoms with van der Waals surface area (Å²) in [7, 11) is 0. The molecule has 4 N–H and O–H groups in total. The van der Waals surface area contributed by atoms with Gasteiger partial charge in [-0.25, -0.2) is 0 Å². The lowest BCUT2D eigenvalue weighted by molar-refractivity contribution is 0.361. The Bertz CT molecular complexity index is 1100. The second-order valence-corrected chi connectivity index (χ2v) is 9.23. The lowest BCUT2D eigenvalue weighted by Gasteiger charge is -2.38. The predicted octanol–water partition coefficient (Wildman–Crippen LogP) is 6.60. The van der Waals surface area contributed by atoms with Crippen molar-refractivity contribution in [2.24, 2.45) is 0 Å². The molecule has 0 heterocycles. The molecule has 0 radical (unpaired) electrons. The van der Waals surface area contributed by atoms with E-state index in [4.69, 9.17) is 0 Å². The number of phenols is 4. The van der Waals surface area contributed by atoms with Gasteiger partial charge in [-0.05, 0) is 37.1 Å². The number of para-hydroxylation sites is 4. The van der Waals surface area contributed by atoms with Crippen molar-refractivity contribution in [2.75, 3.05) is 0 Å². The Balaban J connectivity index is 1.87. The van der Waals surface area contributed by atoms with Crippen molar-refractivity contribution in [3.8, 4) is 23.0 Å². The normalized spacial score (nSPS) is 11.9. The Morgan fingerprint density at radius 3 is 0.824 bits per heavy atom. The van der Waals surface area contributed by atoms with Crippen LogP contribution in [0.3, 0.4) is 0 Å². The Kier molecular flexibility index (Phi) is 6.25. The van der Waals surface area contributed by atoms with E-state index in [1.807, 2.05) is 62.4 Å². The van der Waals surface area contributed by atoms with E-state index in [1.54, 1.807) is 48.5 Å². The van der Waals surface area contributed by atoms with Crippen molar-refractivity contribution in [3.05, 3.63) is 119 Å². The smallest absolute Gasteiger partial charge is 0.119 e. The highest BCUT2D eigenvalue weighted by Crippen LogP contribution is 2.50. The zero-order chi connectivity index (χ0) is 24.3. The summed E-state index contributed by atoms with van der Waals surface area (Å²) >= 11 is 0. The standard InChI is InChI=1S/C30H30O4/c1-29(21-11-3-7-15-25(21)31,22-12-4-8-16-26(22)32)19-20-30(2,23-13-5-9-17-27(23)33)24-14-6-10-18-28(24)34/h3-18,31-34H,19-20H2,1-2H3. The van der Waals surface area contributed by atoms with Crippen LogP contribution in [0.2, 0.25) is 0 Å². The van der Waals surface area contributed by atoms with Crippen molar-refractivity contribution in [3.63, 3.8) is 0 Å². The molecule has 4 aromatic carbocycles. The topological polar surface area (TPSA) is 80.9 Å². The summed E-state index contributed by atoms with van der Waals surface area (Å²) in [6.45, 7) is 4.01. The molecule has 4 rings (SSSR count). The van der Waals surface area contributed by atoms with Crippen LogP contribution in [0.1, 0.15) is 48.9 Å². The van der Waals surface area contributed by atoms with Crippen LogP contribution in [0, 0.1) is 0 Å². The van der Waals surface area contributed by atoms with Crippen LogP contribution in [0.25, 0.3) is 0 Å². The van der Waals surface area contributed by atoms with E-state index in [2.05, 4.69) is 0 Å². The molecule has 0 aliphatic heterocycles. The minimum absolute atomic E-state index is 0.153. The van der Waals surface area contributed by atoms with Crippen molar-refractivity contribution in [1.29, 1.82) is 0 Å². The molecule has 0 aromatic heterocycles. The molecule has 0 amide bonds. The zero-order valence-corrected chi connectivity index (χ0v) is 19.4. The minimum atomic E-state index is -0.743. The fourth-order valence-electron chi connectivity index (χ4n) is 5.09. The highest BCUT2D eigenvalue weighted by atomic mass is 16.3. The van der Waals surface area contributed by atoms with Gasteiger partial charge < -0.3 is 20.4 Å². The molecule has 0 saturated heterocycles. The molecule has 0 fully saturated rings. The molecular weight excluding hydrogens is 424 g/mol. The first kappa shape index (κ1) is 23.2. The van der Waals surface area contributed by atoms with Gasteiger partial charge in [-0.15, -0.1) is 0 Å². The summed E-state index contributed by atoms with van der Waals surface area (Å²) in [4.78, 5) is 0. The van der Waals surface area contributed by atoms with Crippen LogP contribution >= 0.6 is 0 Å². The quantitative estimate of drug-likeness (QED) is 0.254. The Labute approximate surface area is 200 Å². The van der Waals surface area contributed by atoms with Crippen molar-refractivity contribution in [1.82, 2.24) is 0 Å². The van der Waals surface area contributed by atoms with Crippen LogP contribution in [0.15, 0.2) is 97.1 Å². The van der Waals surface area contributed by atoms with Gasteiger partial charge in [0.1, 0.15) is 23.0 Å². The van der Waals surface area contributed by atoms with Crippen LogP contribution in [0.4, 0.5) is 0 Å². The van der Waals surface area contributed by atoms with E-state index in [-0.39, 0.29) is 23.0 Å². The fourth-order valence-corrected chi connectivity index (χ4v) is 5.09. The van der Waals surface area contributed by atoms with E-state index in [0.29, 0.717) is 35.1 Å². The third kappa shape index (κ3) is 4.08. The third-order valence-electron chi connectivity index (χ3n) is 7.12. The van der Waals surface area contributed by atoms with Crippen molar-refractivity contribution < 1.29 is 20.4 Å². The molecule has 0 saturated carbocycles. The molecule has 4 nitrogen and oxygen atoms in total. The maximum atomic E-state index is 10.8. The number of benzene rings is 4. The molecule has 0 aliphatic carbocycles. The Hall–Kier alpha value is -3.92. The number of aromatic hydroxyl groups is 4. The van der Waals surface area contributed by atoms with E-state index < -0.39 is 10.8 Å². The summed E-state index contributed by atoms with van der Waals surface area (Å²) in [5, 5.41) is 43.2. The lowest BCUT2D eigenvalue weighted by Crippen LogP contribution is -2.31. The van der Waals surface area contributed by atoms with Crippen LogP contribution in [-0.2, 0) is 10.8 Å². The number of rotatable bonds is 7. The molecule has 0 spiro atoms. The molecule has 4 aromatic rings.